The Morgan fingerprint density at radius 1 is 1.14 bits per heavy atom. The van der Waals surface area contributed by atoms with Crippen molar-refractivity contribution in [3.8, 4) is 16.9 Å². The smallest absolute Gasteiger partial charge is 0.123 e. The van der Waals surface area contributed by atoms with E-state index in [4.69, 9.17) is 5.73 Å². The van der Waals surface area contributed by atoms with E-state index in [-0.39, 0.29) is 5.75 Å². The third-order valence-corrected chi connectivity index (χ3v) is 2.04. The van der Waals surface area contributed by atoms with Gasteiger partial charge in [-0.05, 0) is 17.7 Å². The van der Waals surface area contributed by atoms with Crippen molar-refractivity contribution in [1.82, 2.24) is 0 Å². The van der Waals surface area contributed by atoms with Crippen molar-refractivity contribution in [3.05, 3.63) is 48.5 Å². The van der Waals surface area contributed by atoms with Crippen molar-refractivity contribution >= 4 is 5.69 Å². The molecule has 3 N–H and O–H groups in total. The van der Waals surface area contributed by atoms with Crippen LogP contribution in [0.2, 0.25) is 0 Å². The SMILES string of the molecule is Nc1[c]ccc(-c2ccccc2O)c1. The zero-order valence-corrected chi connectivity index (χ0v) is 7.57. The topological polar surface area (TPSA) is 46.2 Å². The minimum absolute atomic E-state index is 0.262. The highest BCUT2D eigenvalue weighted by molar-refractivity contribution is 5.72. The Balaban J connectivity index is 2.55. The number of nitrogen functional groups attached to an aromatic ring is 1. The van der Waals surface area contributed by atoms with Crippen LogP contribution in [-0.4, -0.2) is 5.11 Å². The van der Waals surface area contributed by atoms with Crippen LogP contribution >= 0.6 is 0 Å². The maximum atomic E-state index is 9.60. The molecule has 0 saturated heterocycles. The molecule has 0 aliphatic heterocycles. The second-order valence-corrected chi connectivity index (χ2v) is 3.05. The maximum Gasteiger partial charge on any atom is 0.123 e. The van der Waals surface area contributed by atoms with Gasteiger partial charge in [0.05, 0.1) is 0 Å². The van der Waals surface area contributed by atoms with Gasteiger partial charge in [-0.15, -0.1) is 0 Å². The molecule has 69 valence electrons. The Labute approximate surface area is 82.6 Å². The van der Waals surface area contributed by atoms with Crippen molar-refractivity contribution in [3.63, 3.8) is 0 Å². The number of benzene rings is 2. The van der Waals surface area contributed by atoms with Crippen LogP contribution in [0.15, 0.2) is 42.5 Å². The third-order valence-electron chi connectivity index (χ3n) is 2.04. The predicted molar refractivity (Wildman–Crippen MR) is 56.8 cm³/mol. The zero-order valence-electron chi connectivity index (χ0n) is 7.57. The highest BCUT2D eigenvalue weighted by atomic mass is 16.3. The average molecular weight is 184 g/mol. The van der Waals surface area contributed by atoms with Crippen LogP contribution < -0.4 is 5.73 Å². The first kappa shape index (κ1) is 8.63. The second kappa shape index (κ2) is 3.42. The molecular weight excluding hydrogens is 174 g/mol. The van der Waals surface area contributed by atoms with Gasteiger partial charge in [0, 0.05) is 17.3 Å². The van der Waals surface area contributed by atoms with Crippen LogP contribution in [0, 0.1) is 6.07 Å². The average Bonchev–Trinajstić information content (AvgIpc) is 2.18. The fourth-order valence-electron chi connectivity index (χ4n) is 1.37. The van der Waals surface area contributed by atoms with Gasteiger partial charge in [0.25, 0.3) is 0 Å². The summed E-state index contributed by atoms with van der Waals surface area (Å²) in [6.07, 6.45) is 0. The van der Waals surface area contributed by atoms with Crippen LogP contribution in [0.25, 0.3) is 11.1 Å². The molecule has 0 fully saturated rings. The van der Waals surface area contributed by atoms with E-state index in [9.17, 15) is 5.11 Å². The number of anilines is 1. The lowest BCUT2D eigenvalue weighted by atomic mass is 10.0. The molecule has 0 aliphatic carbocycles. The molecule has 0 heterocycles. The lowest BCUT2D eigenvalue weighted by molar-refractivity contribution is 0.477. The first-order valence-corrected chi connectivity index (χ1v) is 4.33. The molecule has 14 heavy (non-hydrogen) atoms. The van der Waals surface area contributed by atoms with Gasteiger partial charge < -0.3 is 10.8 Å². The Morgan fingerprint density at radius 2 is 1.93 bits per heavy atom. The number of phenols is 1. The number of phenolic OH excluding ortho intramolecular Hbond substituents is 1. The fourth-order valence-corrected chi connectivity index (χ4v) is 1.37. The maximum absolute atomic E-state index is 9.60. The number of hydrogen-bond donors (Lipinski definition) is 2. The van der Waals surface area contributed by atoms with Crippen LogP contribution in [0.4, 0.5) is 5.69 Å². The lowest BCUT2D eigenvalue weighted by Crippen LogP contribution is -1.85. The predicted octanol–water partition coefficient (Wildman–Crippen LogP) is 2.44. The van der Waals surface area contributed by atoms with E-state index in [1.165, 1.54) is 0 Å². The quantitative estimate of drug-likeness (QED) is 0.668. The van der Waals surface area contributed by atoms with Gasteiger partial charge >= 0.3 is 0 Å². The van der Waals surface area contributed by atoms with Gasteiger partial charge in [-0.3, -0.25) is 0 Å². The molecule has 0 saturated carbocycles. The van der Waals surface area contributed by atoms with Gasteiger partial charge in [-0.25, -0.2) is 0 Å². The van der Waals surface area contributed by atoms with Gasteiger partial charge in [-0.1, -0.05) is 30.3 Å². The Kier molecular flexibility index (Phi) is 2.11. The summed E-state index contributed by atoms with van der Waals surface area (Å²) < 4.78 is 0. The first-order valence-electron chi connectivity index (χ1n) is 4.33. The molecule has 0 aliphatic rings. The monoisotopic (exact) mass is 184 g/mol. The molecule has 0 aromatic heterocycles. The van der Waals surface area contributed by atoms with Gasteiger partial charge in [0.1, 0.15) is 5.75 Å². The third kappa shape index (κ3) is 1.55. The van der Waals surface area contributed by atoms with E-state index >= 15 is 0 Å². The lowest BCUT2D eigenvalue weighted by Gasteiger charge is -2.04. The summed E-state index contributed by atoms with van der Waals surface area (Å²) in [5.74, 6) is 0.262. The van der Waals surface area contributed by atoms with Crippen molar-refractivity contribution < 1.29 is 5.11 Å². The standard InChI is InChI=1S/C12H10NO/c13-10-5-3-4-9(8-10)11-6-1-2-7-12(11)14/h1-4,6-8,14H,13H2. The van der Waals surface area contributed by atoms with E-state index < -0.39 is 0 Å². The summed E-state index contributed by atoms with van der Waals surface area (Å²) in [6.45, 7) is 0. The molecule has 0 spiro atoms. The molecule has 0 unspecified atom stereocenters. The number of hydrogen-bond acceptors (Lipinski definition) is 2. The van der Waals surface area contributed by atoms with Crippen LogP contribution in [0.3, 0.4) is 0 Å². The van der Waals surface area contributed by atoms with E-state index in [0.717, 1.165) is 11.1 Å². The minimum Gasteiger partial charge on any atom is -0.507 e. The Bertz CT molecular complexity index is 452. The van der Waals surface area contributed by atoms with Crippen LogP contribution in [0.5, 0.6) is 5.75 Å². The van der Waals surface area contributed by atoms with E-state index in [0.29, 0.717) is 5.69 Å². The molecule has 2 rings (SSSR count). The van der Waals surface area contributed by atoms with Gasteiger partial charge in [0.2, 0.25) is 0 Å². The van der Waals surface area contributed by atoms with Crippen molar-refractivity contribution in [2.45, 2.75) is 0 Å². The van der Waals surface area contributed by atoms with Crippen molar-refractivity contribution in [1.29, 1.82) is 0 Å². The molecule has 2 heteroatoms. The number of aromatic hydroxyl groups is 1. The summed E-state index contributed by atoms with van der Waals surface area (Å²) in [7, 11) is 0. The number of nitrogens with two attached hydrogens (primary N) is 1. The molecule has 0 amide bonds. The highest BCUT2D eigenvalue weighted by Gasteiger charge is 2.02. The van der Waals surface area contributed by atoms with E-state index in [1.807, 2.05) is 18.2 Å². The molecule has 0 bridgehead atoms. The normalized spacial score (nSPS) is 10.0. The Morgan fingerprint density at radius 3 is 2.64 bits per heavy atom. The van der Waals surface area contributed by atoms with Crippen LogP contribution in [-0.2, 0) is 0 Å². The number of para-hydroxylation sites is 1. The highest BCUT2D eigenvalue weighted by Crippen LogP contribution is 2.29. The van der Waals surface area contributed by atoms with Gasteiger partial charge in [0.15, 0.2) is 0 Å². The fraction of sp³-hybridized carbons (Fsp3) is 0. The molecule has 2 aromatic carbocycles. The van der Waals surface area contributed by atoms with Crippen LogP contribution in [0.1, 0.15) is 0 Å². The largest absolute Gasteiger partial charge is 0.507 e. The first-order chi connectivity index (χ1) is 6.77. The second-order valence-electron chi connectivity index (χ2n) is 3.05. The minimum atomic E-state index is 0.262. The van der Waals surface area contributed by atoms with E-state index in [2.05, 4.69) is 6.07 Å². The summed E-state index contributed by atoms with van der Waals surface area (Å²) in [4.78, 5) is 0. The molecule has 2 aromatic rings. The molecule has 0 atom stereocenters. The summed E-state index contributed by atoms with van der Waals surface area (Å²) in [6, 6.07) is 15.4. The molecular formula is C12H10NO. The molecule has 1 radical (unpaired) electrons. The van der Waals surface area contributed by atoms with Crippen molar-refractivity contribution in [2.24, 2.45) is 0 Å². The van der Waals surface area contributed by atoms with Gasteiger partial charge in [-0.2, -0.15) is 0 Å². The summed E-state index contributed by atoms with van der Waals surface area (Å²) >= 11 is 0. The zero-order chi connectivity index (χ0) is 9.97. The van der Waals surface area contributed by atoms with Crippen molar-refractivity contribution in [2.75, 3.05) is 5.73 Å². The summed E-state index contributed by atoms with van der Waals surface area (Å²) in [5, 5.41) is 9.60. The van der Waals surface area contributed by atoms with E-state index in [1.54, 1.807) is 24.3 Å². The summed E-state index contributed by atoms with van der Waals surface area (Å²) in [5.41, 5.74) is 7.87. The Hall–Kier alpha value is -1.96. The number of rotatable bonds is 1. The molecule has 2 nitrogen and oxygen atoms in total.